The van der Waals surface area contributed by atoms with E-state index in [-0.39, 0.29) is 5.91 Å². The zero-order valence-corrected chi connectivity index (χ0v) is 24.7. The van der Waals surface area contributed by atoms with Gasteiger partial charge in [-0.3, -0.25) is 9.69 Å². The van der Waals surface area contributed by atoms with Crippen molar-refractivity contribution in [2.24, 2.45) is 5.92 Å². The molecule has 0 spiro atoms. The minimum atomic E-state index is 0.0288. The maximum Gasteiger partial charge on any atom is 0.225 e. The van der Waals surface area contributed by atoms with Crippen LogP contribution in [0.5, 0.6) is 11.6 Å². The number of piperidine rings is 1. The topological polar surface area (TPSA) is 95.5 Å². The van der Waals surface area contributed by atoms with Crippen molar-refractivity contribution in [1.82, 2.24) is 30.5 Å². The number of likely N-dealkylation sites (tertiary alicyclic amines) is 1. The quantitative estimate of drug-likeness (QED) is 0.378. The van der Waals surface area contributed by atoms with Gasteiger partial charge in [0.25, 0.3) is 0 Å². The number of nitrogens with one attached hydrogen (secondary N) is 2. The Morgan fingerprint density at radius 2 is 1.68 bits per heavy atom. The number of carbonyl (C=O) groups is 1. The largest absolute Gasteiger partial charge is 0.436 e. The van der Waals surface area contributed by atoms with Gasteiger partial charge in [-0.1, -0.05) is 23.2 Å². The molecule has 2 unspecified atom stereocenters. The molecule has 11 heteroatoms. The Balaban J connectivity index is 1.19. The lowest BCUT2D eigenvalue weighted by molar-refractivity contribution is -0.119. The second kappa shape index (κ2) is 12.5. The van der Waals surface area contributed by atoms with E-state index in [0.717, 1.165) is 74.9 Å². The van der Waals surface area contributed by atoms with Crippen LogP contribution in [0.4, 0.5) is 5.95 Å². The molecule has 0 aliphatic carbocycles. The van der Waals surface area contributed by atoms with Crippen molar-refractivity contribution in [2.75, 3.05) is 37.6 Å². The zero-order chi connectivity index (χ0) is 28.3. The van der Waals surface area contributed by atoms with E-state index in [2.05, 4.69) is 36.5 Å². The number of anilines is 1. The van der Waals surface area contributed by atoms with Gasteiger partial charge in [-0.15, -0.1) is 0 Å². The maximum absolute atomic E-state index is 11.3. The summed E-state index contributed by atoms with van der Waals surface area (Å²) in [7, 11) is 0. The minimum Gasteiger partial charge on any atom is -0.436 e. The van der Waals surface area contributed by atoms with Crippen LogP contribution < -0.4 is 20.3 Å². The summed E-state index contributed by atoms with van der Waals surface area (Å²) in [6.45, 7) is 6.85. The van der Waals surface area contributed by atoms with Crippen LogP contribution in [0.1, 0.15) is 38.2 Å². The summed E-state index contributed by atoms with van der Waals surface area (Å²) in [6, 6.07) is 10.5. The van der Waals surface area contributed by atoms with Gasteiger partial charge < -0.3 is 20.3 Å². The average Bonchev–Trinajstić information content (AvgIpc) is 3.29. The third-order valence-corrected chi connectivity index (χ3v) is 8.55. The van der Waals surface area contributed by atoms with E-state index in [4.69, 9.17) is 32.9 Å². The highest BCUT2D eigenvalue weighted by atomic mass is 35.5. The van der Waals surface area contributed by atoms with Gasteiger partial charge in [-0.25, -0.2) is 15.0 Å². The number of amides is 1. The second-order valence-electron chi connectivity index (χ2n) is 11.4. The summed E-state index contributed by atoms with van der Waals surface area (Å²) in [5, 5.41) is 7.69. The Kier molecular flexibility index (Phi) is 8.57. The fourth-order valence-corrected chi connectivity index (χ4v) is 6.58. The van der Waals surface area contributed by atoms with Crippen LogP contribution in [0.3, 0.4) is 0 Å². The summed E-state index contributed by atoms with van der Waals surface area (Å²) in [5.74, 6) is 2.26. The highest BCUT2D eigenvalue weighted by Gasteiger charge is 2.33. The Morgan fingerprint density at radius 1 is 1.00 bits per heavy atom. The standard InChI is InChI=1S/C30H35Cl2N7O2/c1-19(40)33-13-20-4-6-38(7-5-20)16-21-8-28(22-10-23(31)12-24(32)11-22)37-29(9-21)41-27-14-34-30(35-15-27)39-17-25-2-3-26(18-39)36-25/h8-12,14-15,20,25-26,36H,2-7,13,16-18H2,1H3,(H,33,40). The van der Waals surface area contributed by atoms with Crippen LogP contribution in [0.15, 0.2) is 42.7 Å². The van der Waals surface area contributed by atoms with Gasteiger partial charge in [-0.2, -0.15) is 0 Å². The van der Waals surface area contributed by atoms with Crippen LogP contribution in [0, 0.1) is 5.92 Å². The molecule has 2 bridgehead atoms. The van der Waals surface area contributed by atoms with Gasteiger partial charge in [0.05, 0.1) is 18.1 Å². The first-order chi connectivity index (χ1) is 19.9. The Hall–Kier alpha value is -2.98. The molecule has 0 radical (unpaired) electrons. The van der Waals surface area contributed by atoms with Crippen molar-refractivity contribution >= 4 is 35.1 Å². The summed E-state index contributed by atoms with van der Waals surface area (Å²) >= 11 is 12.6. The molecular weight excluding hydrogens is 561 g/mol. The van der Waals surface area contributed by atoms with Crippen molar-refractivity contribution in [1.29, 1.82) is 0 Å². The van der Waals surface area contributed by atoms with Gasteiger partial charge in [0.15, 0.2) is 5.75 Å². The van der Waals surface area contributed by atoms with Gasteiger partial charge in [0, 0.05) is 66.9 Å². The minimum absolute atomic E-state index is 0.0288. The van der Waals surface area contributed by atoms with E-state index in [9.17, 15) is 4.79 Å². The molecule has 5 heterocycles. The van der Waals surface area contributed by atoms with Crippen LogP contribution in [0.2, 0.25) is 10.0 Å². The molecule has 3 aliphatic heterocycles. The molecule has 3 aromatic rings. The highest BCUT2D eigenvalue weighted by molar-refractivity contribution is 6.35. The fraction of sp³-hybridized carbons (Fsp3) is 0.467. The second-order valence-corrected chi connectivity index (χ2v) is 12.3. The van der Waals surface area contributed by atoms with Gasteiger partial charge in [0.2, 0.25) is 17.7 Å². The van der Waals surface area contributed by atoms with E-state index >= 15 is 0 Å². The molecule has 2 aromatic heterocycles. The van der Waals surface area contributed by atoms with E-state index in [1.54, 1.807) is 25.4 Å². The number of hydrogen-bond donors (Lipinski definition) is 2. The molecule has 9 nitrogen and oxygen atoms in total. The SMILES string of the molecule is CC(=O)NCC1CCN(Cc2cc(Oc3cnc(N4CC5CCC(C4)N5)nc3)nc(-c3cc(Cl)cc(Cl)c3)c2)CC1. The van der Waals surface area contributed by atoms with Gasteiger partial charge in [0.1, 0.15) is 0 Å². The number of halogens is 2. The summed E-state index contributed by atoms with van der Waals surface area (Å²) < 4.78 is 6.21. The van der Waals surface area contributed by atoms with Crippen molar-refractivity contribution in [3.8, 4) is 22.9 Å². The number of piperazine rings is 1. The lowest BCUT2D eigenvalue weighted by atomic mass is 9.96. The van der Waals surface area contributed by atoms with Crippen LogP contribution in [-0.2, 0) is 11.3 Å². The van der Waals surface area contributed by atoms with Crippen LogP contribution >= 0.6 is 23.2 Å². The Morgan fingerprint density at radius 3 is 2.34 bits per heavy atom. The van der Waals surface area contributed by atoms with E-state index < -0.39 is 0 Å². The number of rotatable bonds is 8. The number of ether oxygens (including phenoxy) is 1. The molecule has 1 aromatic carbocycles. The number of benzene rings is 1. The van der Waals surface area contributed by atoms with Crippen molar-refractivity contribution < 1.29 is 9.53 Å². The zero-order valence-electron chi connectivity index (χ0n) is 23.2. The molecule has 6 rings (SSSR count). The first kappa shape index (κ1) is 28.2. The first-order valence-electron chi connectivity index (χ1n) is 14.3. The van der Waals surface area contributed by atoms with Crippen molar-refractivity contribution in [2.45, 2.75) is 51.2 Å². The molecular formula is C30H35Cl2N7O2. The van der Waals surface area contributed by atoms with E-state index in [0.29, 0.717) is 39.7 Å². The molecule has 216 valence electrons. The predicted molar refractivity (Wildman–Crippen MR) is 161 cm³/mol. The lowest BCUT2D eigenvalue weighted by Crippen LogP contribution is -2.51. The molecule has 3 saturated heterocycles. The van der Waals surface area contributed by atoms with Crippen LogP contribution in [0.25, 0.3) is 11.3 Å². The lowest BCUT2D eigenvalue weighted by Gasteiger charge is -2.32. The number of nitrogens with zero attached hydrogens (tertiary/aromatic N) is 5. The molecule has 1 amide bonds. The van der Waals surface area contributed by atoms with Gasteiger partial charge >= 0.3 is 0 Å². The number of hydrogen-bond acceptors (Lipinski definition) is 8. The summed E-state index contributed by atoms with van der Waals surface area (Å²) in [5.41, 5.74) is 2.63. The summed E-state index contributed by atoms with van der Waals surface area (Å²) in [6.07, 6.45) is 7.94. The summed E-state index contributed by atoms with van der Waals surface area (Å²) in [4.78, 5) is 30.0. The van der Waals surface area contributed by atoms with Crippen molar-refractivity contribution in [3.05, 3.63) is 58.3 Å². The number of fused-ring (bicyclic) bond motifs is 2. The normalized spacial score (nSPS) is 21.2. The van der Waals surface area contributed by atoms with E-state index in [1.165, 1.54) is 12.8 Å². The smallest absolute Gasteiger partial charge is 0.225 e. The molecule has 41 heavy (non-hydrogen) atoms. The highest BCUT2D eigenvalue weighted by Crippen LogP contribution is 2.31. The van der Waals surface area contributed by atoms with Crippen LogP contribution in [-0.4, -0.2) is 70.6 Å². The third-order valence-electron chi connectivity index (χ3n) is 8.11. The Bertz CT molecular complexity index is 1350. The molecule has 2 N–H and O–H groups in total. The fourth-order valence-electron chi connectivity index (χ4n) is 6.05. The Labute approximate surface area is 250 Å². The molecule has 2 atom stereocenters. The third kappa shape index (κ3) is 7.27. The number of carbonyl (C=O) groups excluding carboxylic acids is 1. The predicted octanol–water partition coefficient (Wildman–Crippen LogP) is 4.93. The van der Waals surface area contributed by atoms with Crippen molar-refractivity contribution in [3.63, 3.8) is 0 Å². The maximum atomic E-state index is 11.3. The van der Waals surface area contributed by atoms with E-state index in [1.807, 2.05) is 18.2 Å². The molecule has 3 fully saturated rings. The average molecular weight is 597 g/mol. The number of aromatic nitrogens is 3. The first-order valence-corrected chi connectivity index (χ1v) is 15.1. The number of pyridine rings is 1. The van der Waals surface area contributed by atoms with Gasteiger partial charge in [-0.05, 0) is 74.5 Å². The molecule has 0 saturated carbocycles. The molecule has 3 aliphatic rings. The monoisotopic (exact) mass is 595 g/mol.